The van der Waals surface area contributed by atoms with Crippen molar-refractivity contribution in [3.63, 3.8) is 0 Å². The van der Waals surface area contributed by atoms with E-state index in [2.05, 4.69) is 24.1 Å². The lowest BCUT2D eigenvalue weighted by molar-refractivity contribution is -0.127. The van der Waals surface area contributed by atoms with E-state index in [1.165, 1.54) is 18.6 Å². The standard InChI is InChI=1S/C17H25FN2O/c1-12-8-13(2)11-20(10-12)14(3)17(21)19-9-15-4-6-16(18)7-5-15/h4-7,12-14H,8-11H2,1-3H3,(H,19,21)/t12-,13-,14-/m0/s1. The minimum Gasteiger partial charge on any atom is -0.351 e. The van der Waals surface area contributed by atoms with Crippen molar-refractivity contribution in [2.45, 2.75) is 39.8 Å². The molecule has 1 aromatic carbocycles. The van der Waals surface area contributed by atoms with Crippen LogP contribution in [0, 0.1) is 17.7 Å². The summed E-state index contributed by atoms with van der Waals surface area (Å²) >= 11 is 0. The molecule has 1 amide bonds. The number of halogens is 1. The average molecular weight is 292 g/mol. The zero-order chi connectivity index (χ0) is 15.4. The quantitative estimate of drug-likeness (QED) is 0.925. The van der Waals surface area contributed by atoms with Gasteiger partial charge in [0.25, 0.3) is 0 Å². The third-order valence-corrected chi connectivity index (χ3v) is 4.20. The van der Waals surface area contributed by atoms with Gasteiger partial charge in [0.1, 0.15) is 5.82 Å². The Labute approximate surface area is 126 Å². The first-order valence-electron chi connectivity index (χ1n) is 7.72. The second-order valence-electron chi connectivity index (χ2n) is 6.42. The lowest BCUT2D eigenvalue weighted by Crippen LogP contribution is -2.50. The number of piperidine rings is 1. The minimum absolute atomic E-state index is 0.0422. The number of hydrogen-bond acceptors (Lipinski definition) is 2. The van der Waals surface area contributed by atoms with Crippen LogP contribution in [-0.4, -0.2) is 29.9 Å². The van der Waals surface area contributed by atoms with Crippen molar-refractivity contribution >= 4 is 5.91 Å². The maximum Gasteiger partial charge on any atom is 0.237 e. The Balaban J connectivity index is 1.86. The summed E-state index contributed by atoms with van der Waals surface area (Å²) in [5, 5.41) is 2.94. The van der Waals surface area contributed by atoms with E-state index in [-0.39, 0.29) is 17.8 Å². The van der Waals surface area contributed by atoms with Gasteiger partial charge in [-0.2, -0.15) is 0 Å². The Kier molecular flexibility index (Phi) is 5.34. The Morgan fingerprint density at radius 3 is 2.43 bits per heavy atom. The molecular formula is C17H25FN2O. The third-order valence-electron chi connectivity index (χ3n) is 4.20. The van der Waals surface area contributed by atoms with E-state index in [1.807, 2.05) is 6.92 Å². The van der Waals surface area contributed by atoms with Crippen molar-refractivity contribution in [1.29, 1.82) is 0 Å². The fourth-order valence-electron chi connectivity index (χ4n) is 3.13. The number of hydrogen-bond donors (Lipinski definition) is 1. The highest BCUT2D eigenvalue weighted by Crippen LogP contribution is 2.22. The van der Waals surface area contributed by atoms with Crippen LogP contribution in [0.25, 0.3) is 0 Å². The van der Waals surface area contributed by atoms with Gasteiger partial charge >= 0.3 is 0 Å². The number of nitrogens with zero attached hydrogens (tertiary/aromatic N) is 1. The molecule has 3 nitrogen and oxygen atoms in total. The molecule has 0 aromatic heterocycles. The molecule has 21 heavy (non-hydrogen) atoms. The molecule has 0 radical (unpaired) electrons. The average Bonchev–Trinajstić information content (AvgIpc) is 2.44. The smallest absolute Gasteiger partial charge is 0.237 e. The molecule has 1 saturated heterocycles. The van der Waals surface area contributed by atoms with Gasteiger partial charge in [-0.3, -0.25) is 9.69 Å². The highest BCUT2D eigenvalue weighted by Gasteiger charge is 2.28. The number of carbonyl (C=O) groups excluding carboxylic acids is 1. The van der Waals surface area contributed by atoms with E-state index in [0.717, 1.165) is 18.7 Å². The van der Waals surface area contributed by atoms with Crippen molar-refractivity contribution in [2.24, 2.45) is 11.8 Å². The van der Waals surface area contributed by atoms with E-state index in [1.54, 1.807) is 12.1 Å². The largest absolute Gasteiger partial charge is 0.351 e. The first-order chi connectivity index (χ1) is 9.95. The monoisotopic (exact) mass is 292 g/mol. The van der Waals surface area contributed by atoms with Gasteiger partial charge in [-0.25, -0.2) is 4.39 Å². The zero-order valence-electron chi connectivity index (χ0n) is 13.1. The summed E-state index contributed by atoms with van der Waals surface area (Å²) in [6.07, 6.45) is 1.24. The summed E-state index contributed by atoms with van der Waals surface area (Å²) in [5.74, 6) is 1.07. The van der Waals surface area contributed by atoms with Crippen LogP contribution in [0.4, 0.5) is 4.39 Å². The van der Waals surface area contributed by atoms with E-state index in [0.29, 0.717) is 18.4 Å². The maximum atomic E-state index is 12.8. The van der Waals surface area contributed by atoms with Crippen molar-refractivity contribution < 1.29 is 9.18 Å². The molecule has 0 unspecified atom stereocenters. The van der Waals surface area contributed by atoms with Gasteiger partial charge in [0.2, 0.25) is 5.91 Å². The second kappa shape index (κ2) is 7.03. The summed E-state index contributed by atoms with van der Waals surface area (Å²) in [6.45, 7) is 8.86. The van der Waals surface area contributed by atoms with Crippen LogP contribution >= 0.6 is 0 Å². The number of rotatable bonds is 4. The Morgan fingerprint density at radius 2 is 1.86 bits per heavy atom. The molecule has 0 aliphatic carbocycles. The van der Waals surface area contributed by atoms with E-state index in [9.17, 15) is 9.18 Å². The van der Waals surface area contributed by atoms with Crippen molar-refractivity contribution in [2.75, 3.05) is 13.1 Å². The molecule has 0 bridgehead atoms. The summed E-state index contributed by atoms with van der Waals surface area (Å²) in [6, 6.07) is 6.12. The molecule has 3 atom stereocenters. The SMILES string of the molecule is C[C@H]1C[C@H](C)CN([C@@H](C)C(=O)NCc2ccc(F)cc2)C1. The zero-order valence-corrected chi connectivity index (χ0v) is 13.1. The van der Waals surface area contributed by atoms with Crippen LogP contribution < -0.4 is 5.32 Å². The lowest BCUT2D eigenvalue weighted by atomic mass is 9.91. The predicted molar refractivity (Wildman–Crippen MR) is 82.2 cm³/mol. The predicted octanol–water partition coefficient (Wildman–Crippen LogP) is 2.81. The molecule has 4 heteroatoms. The highest BCUT2D eigenvalue weighted by molar-refractivity contribution is 5.81. The van der Waals surface area contributed by atoms with Crippen molar-refractivity contribution in [3.8, 4) is 0 Å². The van der Waals surface area contributed by atoms with Gasteiger partial charge in [0, 0.05) is 19.6 Å². The second-order valence-corrected chi connectivity index (χ2v) is 6.42. The first kappa shape index (κ1) is 16.0. The first-order valence-corrected chi connectivity index (χ1v) is 7.72. The number of benzene rings is 1. The summed E-state index contributed by atoms with van der Waals surface area (Å²) in [4.78, 5) is 14.5. The van der Waals surface area contributed by atoms with Gasteiger partial charge in [0.15, 0.2) is 0 Å². The van der Waals surface area contributed by atoms with Gasteiger partial charge in [0.05, 0.1) is 6.04 Å². The lowest BCUT2D eigenvalue weighted by Gasteiger charge is -2.38. The van der Waals surface area contributed by atoms with Gasteiger partial charge in [-0.05, 0) is 42.9 Å². The van der Waals surface area contributed by atoms with Crippen LogP contribution in [0.5, 0.6) is 0 Å². The van der Waals surface area contributed by atoms with Gasteiger partial charge < -0.3 is 5.32 Å². The van der Waals surface area contributed by atoms with Gasteiger partial charge in [-0.15, -0.1) is 0 Å². The summed E-state index contributed by atoms with van der Waals surface area (Å²) in [7, 11) is 0. The van der Waals surface area contributed by atoms with E-state index >= 15 is 0 Å². The number of carbonyl (C=O) groups is 1. The normalized spacial score (nSPS) is 24.6. The molecule has 0 saturated carbocycles. The Bertz CT molecular complexity index is 464. The number of likely N-dealkylation sites (tertiary alicyclic amines) is 1. The Morgan fingerprint density at radius 1 is 1.29 bits per heavy atom. The fraction of sp³-hybridized carbons (Fsp3) is 0.588. The minimum atomic E-state index is -0.255. The van der Waals surface area contributed by atoms with Crippen LogP contribution in [0.15, 0.2) is 24.3 Å². The molecule has 1 aliphatic heterocycles. The molecular weight excluding hydrogens is 267 g/mol. The van der Waals surface area contributed by atoms with Crippen molar-refractivity contribution in [1.82, 2.24) is 10.2 Å². The van der Waals surface area contributed by atoms with Crippen LogP contribution in [-0.2, 0) is 11.3 Å². The van der Waals surface area contributed by atoms with Crippen LogP contribution in [0.1, 0.15) is 32.8 Å². The van der Waals surface area contributed by atoms with Crippen LogP contribution in [0.3, 0.4) is 0 Å². The number of nitrogens with one attached hydrogen (secondary N) is 1. The topological polar surface area (TPSA) is 32.3 Å². The molecule has 0 spiro atoms. The Hall–Kier alpha value is -1.42. The molecule has 116 valence electrons. The molecule has 1 heterocycles. The third kappa shape index (κ3) is 4.53. The fourth-order valence-corrected chi connectivity index (χ4v) is 3.13. The van der Waals surface area contributed by atoms with E-state index in [4.69, 9.17) is 0 Å². The number of amides is 1. The van der Waals surface area contributed by atoms with Crippen molar-refractivity contribution in [3.05, 3.63) is 35.6 Å². The van der Waals surface area contributed by atoms with Crippen LogP contribution in [0.2, 0.25) is 0 Å². The molecule has 1 N–H and O–H groups in total. The molecule has 1 fully saturated rings. The van der Waals surface area contributed by atoms with Gasteiger partial charge in [-0.1, -0.05) is 26.0 Å². The maximum absolute atomic E-state index is 12.8. The molecule has 2 rings (SSSR count). The summed E-state index contributed by atoms with van der Waals surface area (Å²) < 4.78 is 12.8. The molecule has 1 aromatic rings. The highest BCUT2D eigenvalue weighted by atomic mass is 19.1. The van der Waals surface area contributed by atoms with E-state index < -0.39 is 0 Å². The summed E-state index contributed by atoms with van der Waals surface area (Å²) in [5.41, 5.74) is 0.914. The molecule has 1 aliphatic rings.